The number of hydrogen-bond donors (Lipinski definition) is 1. The van der Waals surface area contributed by atoms with Gasteiger partial charge in [0, 0.05) is 6.04 Å². The molecule has 0 heterocycles. The highest BCUT2D eigenvalue weighted by molar-refractivity contribution is 5.35. The minimum Gasteiger partial charge on any atom is -0.324 e. The fraction of sp³-hybridized carbons (Fsp3) is 0.538. The highest BCUT2D eigenvalue weighted by atomic mass is 19.1. The number of nitrogens with two attached hydrogens (primary N) is 1. The van der Waals surface area contributed by atoms with E-state index in [4.69, 9.17) is 5.73 Å². The fourth-order valence-electron chi connectivity index (χ4n) is 2.51. The van der Waals surface area contributed by atoms with Crippen molar-refractivity contribution in [1.82, 2.24) is 0 Å². The predicted octanol–water partition coefficient (Wildman–Crippen LogP) is 3.45. The first-order chi connectivity index (χ1) is 7.13. The van der Waals surface area contributed by atoms with Gasteiger partial charge in [-0.1, -0.05) is 24.3 Å². The lowest BCUT2D eigenvalue weighted by atomic mass is 9.88. The van der Waals surface area contributed by atoms with Gasteiger partial charge in [-0.05, 0) is 43.7 Å². The molecule has 1 aliphatic carbocycles. The van der Waals surface area contributed by atoms with E-state index >= 15 is 0 Å². The number of alkyl halides is 1. The molecule has 2 rings (SSSR count). The lowest BCUT2D eigenvalue weighted by Gasteiger charge is -2.24. The highest BCUT2D eigenvalue weighted by Crippen LogP contribution is 2.44. The lowest BCUT2D eigenvalue weighted by molar-refractivity contribution is 0.173. The number of hydrogen-bond acceptors (Lipinski definition) is 1. The van der Waals surface area contributed by atoms with Crippen molar-refractivity contribution in [3.8, 4) is 0 Å². The summed E-state index contributed by atoms with van der Waals surface area (Å²) in [6, 6.07) is 7.58. The van der Waals surface area contributed by atoms with E-state index in [1.807, 2.05) is 31.2 Å². The van der Waals surface area contributed by atoms with Crippen LogP contribution in [0.5, 0.6) is 0 Å². The minimum absolute atomic E-state index is 0.0885. The Labute approximate surface area is 90.5 Å². The van der Waals surface area contributed by atoms with Gasteiger partial charge < -0.3 is 5.73 Å². The molecule has 0 aliphatic heterocycles. The summed E-state index contributed by atoms with van der Waals surface area (Å²) in [6.07, 6.45) is 3.28. The van der Waals surface area contributed by atoms with Crippen molar-refractivity contribution in [2.45, 2.75) is 44.3 Å². The zero-order valence-corrected chi connectivity index (χ0v) is 9.17. The SMILES string of the molecule is CC(N)c1ccccc1C1(F)CCCC1. The maximum atomic E-state index is 14.6. The molecular weight excluding hydrogens is 189 g/mol. The molecule has 1 atom stereocenters. The van der Waals surface area contributed by atoms with Crippen molar-refractivity contribution in [1.29, 1.82) is 0 Å². The van der Waals surface area contributed by atoms with Gasteiger partial charge >= 0.3 is 0 Å². The van der Waals surface area contributed by atoms with Gasteiger partial charge in [0.25, 0.3) is 0 Å². The Bertz CT molecular complexity index is 340. The van der Waals surface area contributed by atoms with Crippen LogP contribution in [0.4, 0.5) is 4.39 Å². The second kappa shape index (κ2) is 3.93. The topological polar surface area (TPSA) is 26.0 Å². The molecule has 0 bridgehead atoms. The van der Waals surface area contributed by atoms with Crippen LogP contribution in [0, 0.1) is 0 Å². The van der Waals surface area contributed by atoms with Gasteiger partial charge in [-0.2, -0.15) is 0 Å². The third-order valence-electron chi connectivity index (χ3n) is 3.33. The largest absolute Gasteiger partial charge is 0.324 e. The van der Waals surface area contributed by atoms with E-state index < -0.39 is 5.67 Å². The monoisotopic (exact) mass is 207 g/mol. The van der Waals surface area contributed by atoms with Crippen LogP contribution in [0.1, 0.15) is 49.8 Å². The van der Waals surface area contributed by atoms with Gasteiger partial charge in [0.05, 0.1) is 0 Å². The summed E-state index contributed by atoms with van der Waals surface area (Å²) in [5, 5.41) is 0. The van der Waals surface area contributed by atoms with Crippen LogP contribution < -0.4 is 5.73 Å². The average molecular weight is 207 g/mol. The quantitative estimate of drug-likeness (QED) is 0.789. The number of halogens is 1. The van der Waals surface area contributed by atoms with Gasteiger partial charge in [0.1, 0.15) is 5.67 Å². The highest BCUT2D eigenvalue weighted by Gasteiger charge is 2.37. The van der Waals surface area contributed by atoms with E-state index in [2.05, 4.69) is 0 Å². The van der Waals surface area contributed by atoms with Crippen molar-refractivity contribution in [2.75, 3.05) is 0 Å². The molecule has 2 heteroatoms. The fourth-order valence-corrected chi connectivity index (χ4v) is 2.51. The lowest BCUT2D eigenvalue weighted by Crippen LogP contribution is -2.20. The zero-order chi connectivity index (χ0) is 10.9. The molecule has 0 radical (unpaired) electrons. The van der Waals surface area contributed by atoms with Crippen molar-refractivity contribution in [2.24, 2.45) is 5.73 Å². The van der Waals surface area contributed by atoms with Gasteiger partial charge in [0.2, 0.25) is 0 Å². The van der Waals surface area contributed by atoms with Crippen molar-refractivity contribution >= 4 is 0 Å². The predicted molar refractivity (Wildman–Crippen MR) is 60.3 cm³/mol. The van der Waals surface area contributed by atoms with Crippen LogP contribution in [-0.2, 0) is 5.67 Å². The smallest absolute Gasteiger partial charge is 0.136 e. The standard InChI is InChI=1S/C13H18FN/c1-10(15)11-6-2-3-7-12(11)13(14)8-4-5-9-13/h2-3,6-7,10H,4-5,8-9,15H2,1H3. The van der Waals surface area contributed by atoms with Crippen LogP contribution in [0.2, 0.25) is 0 Å². The third-order valence-corrected chi connectivity index (χ3v) is 3.33. The molecular formula is C13H18FN. The van der Waals surface area contributed by atoms with Crippen LogP contribution in [-0.4, -0.2) is 0 Å². The van der Waals surface area contributed by atoms with Gasteiger partial charge in [0.15, 0.2) is 0 Å². The van der Waals surface area contributed by atoms with Crippen LogP contribution >= 0.6 is 0 Å². The maximum Gasteiger partial charge on any atom is 0.136 e. The molecule has 2 N–H and O–H groups in total. The first kappa shape index (κ1) is 10.6. The Hall–Kier alpha value is -0.890. The maximum absolute atomic E-state index is 14.6. The van der Waals surface area contributed by atoms with Crippen molar-refractivity contribution in [3.63, 3.8) is 0 Å². The number of rotatable bonds is 2. The summed E-state index contributed by atoms with van der Waals surface area (Å²) in [5.41, 5.74) is 6.53. The van der Waals surface area contributed by atoms with E-state index in [0.29, 0.717) is 12.8 Å². The molecule has 0 saturated heterocycles. The number of benzene rings is 1. The normalized spacial score (nSPS) is 21.5. The van der Waals surface area contributed by atoms with Gasteiger partial charge in [-0.3, -0.25) is 0 Å². The first-order valence-corrected chi connectivity index (χ1v) is 5.67. The molecule has 1 aliphatic rings. The summed E-state index contributed by atoms with van der Waals surface area (Å²) in [4.78, 5) is 0. The molecule has 1 saturated carbocycles. The molecule has 0 aromatic heterocycles. The second-order valence-corrected chi connectivity index (χ2v) is 4.55. The molecule has 1 unspecified atom stereocenters. The molecule has 82 valence electrons. The Kier molecular flexibility index (Phi) is 2.79. The zero-order valence-electron chi connectivity index (χ0n) is 9.17. The molecule has 1 fully saturated rings. The molecule has 15 heavy (non-hydrogen) atoms. The van der Waals surface area contributed by atoms with E-state index in [-0.39, 0.29) is 6.04 Å². The summed E-state index contributed by atoms with van der Waals surface area (Å²) in [5.74, 6) is 0. The first-order valence-electron chi connectivity index (χ1n) is 5.67. The molecule has 1 aromatic rings. The van der Waals surface area contributed by atoms with Gasteiger partial charge in [-0.25, -0.2) is 4.39 Å². The second-order valence-electron chi connectivity index (χ2n) is 4.55. The third kappa shape index (κ3) is 1.91. The summed E-state index contributed by atoms with van der Waals surface area (Å²) >= 11 is 0. The van der Waals surface area contributed by atoms with Crippen LogP contribution in [0.25, 0.3) is 0 Å². The van der Waals surface area contributed by atoms with E-state index in [9.17, 15) is 4.39 Å². The Morgan fingerprint density at radius 1 is 1.27 bits per heavy atom. The summed E-state index contributed by atoms with van der Waals surface area (Å²) in [6.45, 7) is 1.91. The van der Waals surface area contributed by atoms with E-state index in [1.165, 1.54) is 0 Å². The van der Waals surface area contributed by atoms with Crippen LogP contribution in [0.3, 0.4) is 0 Å². The minimum atomic E-state index is -1.12. The molecule has 1 aromatic carbocycles. The van der Waals surface area contributed by atoms with Crippen molar-refractivity contribution < 1.29 is 4.39 Å². The Morgan fingerprint density at radius 3 is 2.47 bits per heavy atom. The van der Waals surface area contributed by atoms with E-state index in [0.717, 1.165) is 24.0 Å². The van der Waals surface area contributed by atoms with E-state index in [1.54, 1.807) is 0 Å². The van der Waals surface area contributed by atoms with Crippen molar-refractivity contribution in [3.05, 3.63) is 35.4 Å². The van der Waals surface area contributed by atoms with Gasteiger partial charge in [-0.15, -0.1) is 0 Å². The molecule has 1 nitrogen and oxygen atoms in total. The summed E-state index contributed by atoms with van der Waals surface area (Å²) in [7, 11) is 0. The molecule has 0 spiro atoms. The molecule has 0 amide bonds. The average Bonchev–Trinajstić information content (AvgIpc) is 2.66. The Morgan fingerprint density at radius 2 is 1.87 bits per heavy atom. The summed E-state index contributed by atoms with van der Waals surface area (Å²) < 4.78 is 14.6. The Balaban J connectivity index is 2.42. The van der Waals surface area contributed by atoms with Crippen LogP contribution in [0.15, 0.2) is 24.3 Å².